The van der Waals surface area contributed by atoms with Gasteiger partial charge in [0.05, 0.1) is 0 Å². The zero-order chi connectivity index (χ0) is 13.1. The fourth-order valence-corrected chi connectivity index (χ4v) is 1.74. The smallest absolute Gasteiger partial charge is 0.227 e. The zero-order valence-corrected chi connectivity index (χ0v) is 10.2. The number of aromatic amines is 1. The summed E-state index contributed by atoms with van der Waals surface area (Å²) >= 11 is 0. The van der Waals surface area contributed by atoms with E-state index in [1.165, 1.54) is 0 Å². The molecule has 0 saturated heterocycles. The number of aromatic nitrogens is 3. The van der Waals surface area contributed by atoms with E-state index in [2.05, 4.69) is 20.3 Å². The van der Waals surface area contributed by atoms with Crippen molar-refractivity contribution in [2.75, 3.05) is 11.1 Å². The van der Waals surface area contributed by atoms with Crippen LogP contribution in [0.2, 0.25) is 0 Å². The van der Waals surface area contributed by atoms with Crippen molar-refractivity contribution in [3.63, 3.8) is 0 Å². The van der Waals surface area contributed by atoms with Crippen LogP contribution in [0.25, 0.3) is 11.3 Å². The third-order valence-electron chi connectivity index (χ3n) is 2.73. The van der Waals surface area contributed by atoms with E-state index >= 15 is 0 Å². The van der Waals surface area contributed by atoms with Gasteiger partial charge in [-0.15, -0.1) is 0 Å². The van der Waals surface area contributed by atoms with Crippen LogP contribution < -0.4 is 11.1 Å². The molecule has 0 radical (unpaired) electrons. The molecule has 0 bridgehead atoms. The Morgan fingerprint density at radius 1 is 1.00 bits per heavy atom. The second kappa shape index (κ2) is 4.81. The van der Waals surface area contributed by atoms with Gasteiger partial charge in [0, 0.05) is 41.2 Å². The SMILES string of the molecule is Nc1ccc(Nc2ncc(-c3ccc[nH]3)cn2)cc1. The van der Waals surface area contributed by atoms with E-state index in [0.717, 1.165) is 22.6 Å². The first-order valence-corrected chi connectivity index (χ1v) is 5.90. The predicted octanol–water partition coefficient (Wildman–Crippen LogP) is 2.80. The molecule has 0 fully saturated rings. The van der Waals surface area contributed by atoms with Gasteiger partial charge in [-0.3, -0.25) is 0 Å². The van der Waals surface area contributed by atoms with Crippen LogP contribution >= 0.6 is 0 Å². The van der Waals surface area contributed by atoms with Crippen LogP contribution in [0.15, 0.2) is 55.0 Å². The Labute approximate surface area is 110 Å². The molecule has 0 unspecified atom stereocenters. The highest BCUT2D eigenvalue weighted by Crippen LogP contribution is 2.18. The van der Waals surface area contributed by atoms with Crippen LogP contribution in [0.1, 0.15) is 0 Å². The molecule has 3 rings (SSSR count). The normalized spacial score (nSPS) is 10.3. The Hall–Kier alpha value is -2.82. The first kappa shape index (κ1) is 11.3. The van der Waals surface area contributed by atoms with Gasteiger partial charge >= 0.3 is 0 Å². The number of hydrogen-bond donors (Lipinski definition) is 3. The predicted molar refractivity (Wildman–Crippen MR) is 76.0 cm³/mol. The van der Waals surface area contributed by atoms with Crippen molar-refractivity contribution in [1.29, 1.82) is 0 Å². The Morgan fingerprint density at radius 2 is 1.74 bits per heavy atom. The second-order valence-electron chi connectivity index (χ2n) is 4.13. The molecule has 5 heteroatoms. The van der Waals surface area contributed by atoms with Crippen LogP contribution in [0.4, 0.5) is 17.3 Å². The molecule has 0 aliphatic heterocycles. The number of benzene rings is 1. The molecule has 5 nitrogen and oxygen atoms in total. The fraction of sp³-hybridized carbons (Fsp3) is 0. The number of nitrogen functional groups attached to an aromatic ring is 1. The third kappa shape index (κ3) is 2.55. The lowest BCUT2D eigenvalue weighted by atomic mass is 10.2. The highest BCUT2D eigenvalue weighted by Gasteiger charge is 2.01. The summed E-state index contributed by atoms with van der Waals surface area (Å²) in [6.07, 6.45) is 5.42. The maximum absolute atomic E-state index is 5.63. The lowest BCUT2D eigenvalue weighted by Gasteiger charge is -2.05. The molecule has 0 spiro atoms. The lowest BCUT2D eigenvalue weighted by molar-refractivity contribution is 1.16. The summed E-state index contributed by atoms with van der Waals surface area (Å²) in [5.41, 5.74) is 9.22. The number of rotatable bonds is 3. The van der Waals surface area contributed by atoms with Gasteiger partial charge in [0.1, 0.15) is 0 Å². The van der Waals surface area contributed by atoms with Crippen molar-refractivity contribution < 1.29 is 0 Å². The summed E-state index contributed by atoms with van der Waals surface area (Å²) in [7, 11) is 0. The number of anilines is 3. The van der Waals surface area contributed by atoms with Gasteiger partial charge in [0.15, 0.2) is 0 Å². The topological polar surface area (TPSA) is 79.6 Å². The molecule has 2 aromatic heterocycles. The van der Waals surface area contributed by atoms with Crippen molar-refractivity contribution in [3.8, 4) is 11.3 Å². The van der Waals surface area contributed by atoms with Gasteiger partial charge in [0.2, 0.25) is 5.95 Å². The molecule has 0 aliphatic carbocycles. The summed E-state index contributed by atoms with van der Waals surface area (Å²) in [6.45, 7) is 0. The van der Waals surface area contributed by atoms with Crippen molar-refractivity contribution >= 4 is 17.3 Å². The number of hydrogen-bond acceptors (Lipinski definition) is 4. The van der Waals surface area contributed by atoms with Crippen molar-refractivity contribution in [1.82, 2.24) is 15.0 Å². The summed E-state index contributed by atoms with van der Waals surface area (Å²) in [4.78, 5) is 11.7. The van der Waals surface area contributed by atoms with E-state index in [9.17, 15) is 0 Å². The number of H-pyrrole nitrogens is 1. The largest absolute Gasteiger partial charge is 0.399 e. The summed E-state index contributed by atoms with van der Waals surface area (Å²) in [5.74, 6) is 0.556. The first-order valence-electron chi connectivity index (χ1n) is 5.90. The van der Waals surface area contributed by atoms with Gasteiger partial charge in [-0.25, -0.2) is 9.97 Å². The minimum Gasteiger partial charge on any atom is -0.399 e. The van der Waals surface area contributed by atoms with Crippen molar-refractivity contribution in [2.45, 2.75) is 0 Å². The Morgan fingerprint density at radius 3 is 2.37 bits per heavy atom. The lowest BCUT2D eigenvalue weighted by Crippen LogP contribution is -1.97. The molecule has 0 saturated carbocycles. The minimum atomic E-state index is 0.556. The van der Waals surface area contributed by atoms with Crippen LogP contribution in [0.3, 0.4) is 0 Å². The first-order chi connectivity index (χ1) is 9.31. The van der Waals surface area contributed by atoms with E-state index < -0.39 is 0 Å². The van der Waals surface area contributed by atoms with Gasteiger partial charge in [-0.05, 0) is 36.4 Å². The summed E-state index contributed by atoms with van der Waals surface area (Å²) < 4.78 is 0. The van der Waals surface area contributed by atoms with Crippen LogP contribution in [-0.2, 0) is 0 Å². The van der Waals surface area contributed by atoms with Crippen LogP contribution in [-0.4, -0.2) is 15.0 Å². The van der Waals surface area contributed by atoms with E-state index in [1.807, 2.05) is 42.6 Å². The molecular weight excluding hydrogens is 238 g/mol. The van der Waals surface area contributed by atoms with E-state index in [4.69, 9.17) is 5.73 Å². The standard InChI is InChI=1S/C14H13N5/c15-11-3-5-12(6-4-11)19-14-17-8-10(9-18-14)13-2-1-7-16-13/h1-9,16H,15H2,(H,17,18,19). The van der Waals surface area contributed by atoms with Crippen LogP contribution in [0.5, 0.6) is 0 Å². The molecule has 94 valence electrons. The minimum absolute atomic E-state index is 0.556. The average Bonchev–Trinajstić information content (AvgIpc) is 2.96. The molecular formula is C14H13N5. The Balaban J connectivity index is 1.77. The summed E-state index contributed by atoms with van der Waals surface area (Å²) in [6, 6.07) is 11.3. The Kier molecular flexibility index (Phi) is 2.86. The molecule has 0 atom stereocenters. The molecule has 0 amide bonds. The Bertz CT molecular complexity index is 641. The van der Waals surface area contributed by atoms with Gasteiger partial charge in [0.25, 0.3) is 0 Å². The highest BCUT2D eigenvalue weighted by atomic mass is 15.1. The molecule has 1 aromatic carbocycles. The third-order valence-corrected chi connectivity index (χ3v) is 2.73. The average molecular weight is 251 g/mol. The van der Waals surface area contributed by atoms with Gasteiger partial charge in [-0.1, -0.05) is 0 Å². The van der Waals surface area contributed by atoms with Crippen LogP contribution in [0, 0.1) is 0 Å². The highest BCUT2D eigenvalue weighted by molar-refractivity contribution is 5.60. The van der Waals surface area contributed by atoms with Gasteiger partial charge < -0.3 is 16.0 Å². The van der Waals surface area contributed by atoms with Crippen molar-refractivity contribution in [2.24, 2.45) is 0 Å². The van der Waals surface area contributed by atoms with E-state index in [0.29, 0.717) is 5.95 Å². The number of nitrogens with zero attached hydrogens (tertiary/aromatic N) is 2. The van der Waals surface area contributed by atoms with Crippen molar-refractivity contribution in [3.05, 3.63) is 55.0 Å². The summed E-state index contributed by atoms with van der Waals surface area (Å²) in [5, 5.41) is 3.12. The molecule has 3 aromatic rings. The zero-order valence-electron chi connectivity index (χ0n) is 10.2. The maximum Gasteiger partial charge on any atom is 0.227 e. The second-order valence-corrected chi connectivity index (χ2v) is 4.13. The van der Waals surface area contributed by atoms with E-state index in [1.54, 1.807) is 12.4 Å². The number of nitrogens with two attached hydrogens (primary N) is 1. The fourth-order valence-electron chi connectivity index (χ4n) is 1.74. The molecule has 19 heavy (non-hydrogen) atoms. The molecule has 0 aliphatic rings. The van der Waals surface area contributed by atoms with Gasteiger partial charge in [-0.2, -0.15) is 0 Å². The van der Waals surface area contributed by atoms with E-state index in [-0.39, 0.29) is 0 Å². The maximum atomic E-state index is 5.63. The molecule has 4 N–H and O–H groups in total. The number of nitrogens with one attached hydrogen (secondary N) is 2. The molecule has 2 heterocycles. The monoisotopic (exact) mass is 251 g/mol. The quantitative estimate of drug-likeness (QED) is 0.625.